The standard InChI is InChI=1S/C19H22FN3OS/c20-16-1-3-17(4-2-16)22-10-8-21(9-11-22)14-19(24)23-7-5-18-15(13-23)6-12-25-18/h1-4,6,12H,5,7-11,13-14H2. The highest BCUT2D eigenvalue weighted by atomic mass is 32.1. The van der Waals surface area contributed by atoms with Gasteiger partial charge < -0.3 is 9.80 Å². The summed E-state index contributed by atoms with van der Waals surface area (Å²) in [6, 6.07) is 8.78. The van der Waals surface area contributed by atoms with E-state index >= 15 is 0 Å². The molecule has 132 valence electrons. The van der Waals surface area contributed by atoms with Gasteiger partial charge in [-0.05, 0) is 47.7 Å². The van der Waals surface area contributed by atoms with E-state index in [1.807, 2.05) is 17.0 Å². The Kier molecular flexibility index (Phi) is 4.72. The van der Waals surface area contributed by atoms with Crippen LogP contribution in [0.25, 0.3) is 0 Å². The lowest BCUT2D eigenvalue weighted by Gasteiger charge is -2.37. The number of carbonyl (C=O) groups is 1. The number of fused-ring (bicyclic) bond motifs is 1. The molecule has 1 saturated heterocycles. The molecule has 0 bridgehead atoms. The van der Waals surface area contributed by atoms with Gasteiger partial charge in [-0.1, -0.05) is 0 Å². The number of carbonyl (C=O) groups excluding carboxylic acids is 1. The van der Waals surface area contributed by atoms with Crippen LogP contribution in [0.4, 0.5) is 10.1 Å². The maximum Gasteiger partial charge on any atom is 0.237 e. The van der Waals surface area contributed by atoms with Crippen LogP contribution in [0.3, 0.4) is 0 Å². The Hall–Kier alpha value is -1.92. The quantitative estimate of drug-likeness (QED) is 0.843. The third kappa shape index (κ3) is 3.70. The predicted octanol–water partition coefficient (Wildman–Crippen LogP) is 2.59. The van der Waals surface area contributed by atoms with E-state index in [1.54, 1.807) is 11.3 Å². The largest absolute Gasteiger partial charge is 0.369 e. The number of thiophene rings is 1. The lowest BCUT2D eigenvalue weighted by atomic mass is 10.1. The molecule has 25 heavy (non-hydrogen) atoms. The Morgan fingerprint density at radius 3 is 2.56 bits per heavy atom. The number of halogens is 1. The first-order valence-electron chi connectivity index (χ1n) is 8.75. The van der Waals surface area contributed by atoms with Crippen LogP contribution in [0.5, 0.6) is 0 Å². The molecule has 0 saturated carbocycles. The van der Waals surface area contributed by atoms with Gasteiger partial charge in [-0.2, -0.15) is 0 Å². The monoisotopic (exact) mass is 359 g/mol. The molecule has 4 rings (SSSR count). The zero-order valence-corrected chi connectivity index (χ0v) is 15.0. The van der Waals surface area contributed by atoms with E-state index in [0.717, 1.165) is 51.4 Å². The third-order valence-electron chi connectivity index (χ3n) is 5.08. The van der Waals surface area contributed by atoms with Gasteiger partial charge in [-0.15, -0.1) is 11.3 Å². The van der Waals surface area contributed by atoms with E-state index in [4.69, 9.17) is 0 Å². The number of nitrogens with zero attached hydrogens (tertiary/aromatic N) is 3. The van der Waals surface area contributed by atoms with Gasteiger partial charge in [0.25, 0.3) is 0 Å². The summed E-state index contributed by atoms with van der Waals surface area (Å²) in [5, 5.41) is 2.12. The first-order chi connectivity index (χ1) is 12.2. The van der Waals surface area contributed by atoms with Gasteiger partial charge in [-0.25, -0.2) is 4.39 Å². The normalized spacial score (nSPS) is 18.3. The van der Waals surface area contributed by atoms with E-state index < -0.39 is 0 Å². The molecule has 0 atom stereocenters. The van der Waals surface area contributed by atoms with Crippen LogP contribution in [0.2, 0.25) is 0 Å². The van der Waals surface area contributed by atoms with Crippen molar-refractivity contribution in [2.24, 2.45) is 0 Å². The number of amides is 1. The number of benzene rings is 1. The molecule has 2 aliphatic heterocycles. The first kappa shape index (κ1) is 16.5. The summed E-state index contributed by atoms with van der Waals surface area (Å²) < 4.78 is 13.0. The van der Waals surface area contributed by atoms with Crippen molar-refractivity contribution in [3.8, 4) is 0 Å². The lowest BCUT2D eigenvalue weighted by Crippen LogP contribution is -2.50. The van der Waals surface area contributed by atoms with Crippen molar-refractivity contribution in [3.63, 3.8) is 0 Å². The highest BCUT2D eigenvalue weighted by Gasteiger charge is 2.25. The molecular weight excluding hydrogens is 337 g/mol. The molecule has 4 nitrogen and oxygen atoms in total. The molecule has 0 N–H and O–H groups in total. The van der Waals surface area contributed by atoms with Gasteiger partial charge in [0.05, 0.1) is 6.54 Å². The molecule has 1 amide bonds. The lowest BCUT2D eigenvalue weighted by molar-refractivity contribution is -0.133. The molecule has 0 spiro atoms. The fourth-order valence-corrected chi connectivity index (χ4v) is 4.46. The summed E-state index contributed by atoms with van der Waals surface area (Å²) in [4.78, 5) is 20.5. The van der Waals surface area contributed by atoms with E-state index in [-0.39, 0.29) is 11.7 Å². The van der Waals surface area contributed by atoms with Gasteiger partial charge in [0, 0.05) is 49.8 Å². The summed E-state index contributed by atoms with van der Waals surface area (Å²) in [5.41, 5.74) is 2.36. The smallest absolute Gasteiger partial charge is 0.237 e. The minimum atomic E-state index is -0.205. The summed E-state index contributed by atoms with van der Waals surface area (Å²) in [6.45, 7) is 5.55. The molecule has 0 unspecified atom stereocenters. The van der Waals surface area contributed by atoms with Crippen molar-refractivity contribution in [2.45, 2.75) is 13.0 Å². The second-order valence-corrected chi connectivity index (χ2v) is 7.67. The zero-order chi connectivity index (χ0) is 17.2. The molecular formula is C19H22FN3OS. The van der Waals surface area contributed by atoms with E-state index in [0.29, 0.717) is 6.54 Å². The van der Waals surface area contributed by atoms with E-state index in [1.165, 1.54) is 22.6 Å². The number of hydrogen-bond donors (Lipinski definition) is 0. The average molecular weight is 359 g/mol. The number of anilines is 1. The summed E-state index contributed by atoms with van der Waals surface area (Å²) in [5.74, 6) is 0.0235. The van der Waals surface area contributed by atoms with Crippen molar-refractivity contribution in [1.82, 2.24) is 9.80 Å². The zero-order valence-electron chi connectivity index (χ0n) is 14.2. The second kappa shape index (κ2) is 7.14. The highest BCUT2D eigenvalue weighted by molar-refractivity contribution is 7.10. The molecule has 0 aliphatic carbocycles. The van der Waals surface area contributed by atoms with E-state index in [2.05, 4.69) is 21.2 Å². The molecule has 0 radical (unpaired) electrons. The molecule has 1 fully saturated rings. The third-order valence-corrected chi connectivity index (χ3v) is 6.11. The molecule has 2 aromatic rings. The maximum atomic E-state index is 13.0. The second-order valence-electron chi connectivity index (χ2n) is 6.67. The topological polar surface area (TPSA) is 26.8 Å². The van der Waals surface area contributed by atoms with Crippen LogP contribution in [0, 0.1) is 5.82 Å². The summed E-state index contributed by atoms with van der Waals surface area (Å²) >= 11 is 1.80. The van der Waals surface area contributed by atoms with Crippen LogP contribution >= 0.6 is 11.3 Å². The fraction of sp³-hybridized carbons (Fsp3) is 0.421. The number of piperazine rings is 1. The first-order valence-corrected chi connectivity index (χ1v) is 9.63. The Balaban J connectivity index is 1.28. The van der Waals surface area contributed by atoms with E-state index in [9.17, 15) is 9.18 Å². The number of hydrogen-bond acceptors (Lipinski definition) is 4. The van der Waals surface area contributed by atoms with Crippen LogP contribution in [0.15, 0.2) is 35.7 Å². The van der Waals surface area contributed by atoms with Gasteiger partial charge in [0.1, 0.15) is 5.82 Å². The van der Waals surface area contributed by atoms with Crippen LogP contribution in [0.1, 0.15) is 10.4 Å². The molecule has 6 heteroatoms. The van der Waals surface area contributed by atoms with Crippen LogP contribution in [-0.4, -0.2) is 55.0 Å². The van der Waals surface area contributed by atoms with Crippen LogP contribution in [-0.2, 0) is 17.8 Å². The minimum Gasteiger partial charge on any atom is -0.369 e. The molecule has 2 aliphatic rings. The Labute approximate surface area is 151 Å². The van der Waals surface area contributed by atoms with Crippen molar-refractivity contribution < 1.29 is 9.18 Å². The van der Waals surface area contributed by atoms with Crippen molar-refractivity contribution in [2.75, 3.05) is 44.2 Å². The average Bonchev–Trinajstić information content (AvgIpc) is 3.11. The minimum absolute atomic E-state index is 0.205. The Morgan fingerprint density at radius 1 is 1.04 bits per heavy atom. The van der Waals surface area contributed by atoms with Crippen LogP contribution < -0.4 is 4.90 Å². The SMILES string of the molecule is O=C(CN1CCN(c2ccc(F)cc2)CC1)N1CCc2sccc2C1. The highest BCUT2D eigenvalue weighted by Crippen LogP contribution is 2.24. The molecule has 1 aromatic carbocycles. The van der Waals surface area contributed by atoms with Crippen molar-refractivity contribution in [1.29, 1.82) is 0 Å². The van der Waals surface area contributed by atoms with Crippen molar-refractivity contribution in [3.05, 3.63) is 52.0 Å². The van der Waals surface area contributed by atoms with Gasteiger partial charge in [0.2, 0.25) is 5.91 Å². The molecule has 1 aromatic heterocycles. The van der Waals surface area contributed by atoms with Crippen molar-refractivity contribution >= 4 is 22.9 Å². The summed E-state index contributed by atoms with van der Waals surface area (Å²) in [7, 11) is 0. The maximum absolute atomic E-state index is 13.0. The fourth-order valence-electron chi connectivity index (χ4n) is 3.57. The Bertz CT molecular complexity index is 737. The molecule has 3 heterocycles. The van der Waals surface area contributed by atoms with Gasteiger partial charge in [0.15, 0.2) is 0 Å². The van der Waals surface area contributed by atoms with Gasteiger partial charge >= 0.3 is 0 Å². The number of rotatable bonds is 3. The Morgan fingerprint density at radius 2 is 1.80 bits per heavy atom. The van der Waals surface area contributed by atoms with Gasteiger partial charge in [-0.3, -0.25) is 9.69 Å². The summed E-state index contributed by atoms with van der Waals surface area (Å²) in [6.07, 6.45) is 0.983. The predicted molar refractivity (Wildman–Crippen MR) is 98.5 cm³/mol.